The molecule has 0 saturated carbocycles. The highest BCUT2D eigenvalue weighted by molar-refractivity contribution is 7.89. The quantitative estimate of drug-likeness (QED) is 0.580. The van der Waals surface area contributed by atoms with Crippen molar-refractivity contribution in [3.63, 3.8) is 0 Å². The van der Waals surface area contributed by atoms with Gasteiger partial charge in [0.2, 0.25) is 10.0 Å². The van der Waals surface area contributed by atoms with Gasteiger partial charge in [0.05, 0.1) is 47.6 Å². The summed E-state index contributed by atoms with van der Waals surface area (Å²) in [4.78, 5) is 15.6. The van der Waals surface area contributed by atoms with Gasteiger partial charge >= 0.3 is 0 Å². The molecule has 0 unspecified atom stereocenters. The lowest BCUT2D eigenvalue weighted by atomic mass is 10.1. The molecule has 1 fully saturated rings. The van der Waals surface area contributed by atoms with E-state index in [0.29, 0.717) is 68.7 Å². The van der Waals surface area contributed by atoms with Crippen LogP contribution in [0.1, 0.15) is 36.7 Å². The van der Waals surface area contributed by atoms with Gasteiger partial charge in [0.15, 0.2) is 0 Å². The summed E-state index contributed by atoms with van der Waals surface area (Å²) in [5, 5.41) is 12.1. The highest BCUT2D eigenvalue weighted by atomic mass is 32.2. The van der Waals surface area contributed by atoms with Crippen molar-refractivity contribution >= 4 is 27.3 Å². The number of sulfonamides is 1. The largest absolute Gasteiger partial charge is 0.492 e. The number of nitriles is 1. The fourth-order valence-electron chi connectivity index (χ4n) is 3.82. The van der Waals surface area contributed by atoms with Gasteiger partial charge in [0.25, 0.3) is 5.91 Å². The molecule has 2 aromatic carbocycles. The first-order valence-corrected chi connectivity index (χ1v) is 12.7. The molecule has 1 aliphatic heterocycles. The summed E-state index contributed by atoms with van der Waals surface area (Å²) in [6.07, 6.45) is 0. The van der Waals surface area contributed by atoms with E-state index in [1.807, 2.05) is 11.8 Å². The summed E-state index contributed by atoms with van der Waals surface area (Å²) < 4.78 is 38.7. The maximum absolute atomic E-state index is 13.5. The molecule has 182 valence electrons. The van der Waals surface area contributed by atoms with Gasteiger partial charge in [0, 0.05) is 31.9 Å². The summed E-state index contributed by atoms with van der Waals surface area (Å²) in [5.41, 5.74) is 1.55. The minimum Gasteiger partial charge on any atom is -0.492 e. The second-order valence-corrected chi connectivity index (χ2v) is 9.52. The molecule has 9 nitrogen and oxygen atoms in total. The van der Waals surface area contributed by atoms with Crippen molar-refractivity contribution in [2.45, 2.75) is 25.7 Å². The molecule has 0 spiro atoms. The number of carbonyl (C=O) groups is 1. The maximum atomic E-state index is 13.5. The normalized spacial score (nSPS) is 14.0. The molecule has 2 aromatic rings. The lowest BCUT2D eigenvalue weighted by molar-refractivity contribution is 0.102. The summed E-state index contributed by atoms with van der Waals surface area (Å²) >= 11 is 0. The van der Waals surface area contributed by atoms with E-state index >= 15 is 0 Å². The van der Waals surface area contributed by atoms with Crippen LogP contribution in [0.3, 0.4) is 0 Å². The standard InChI is InChI=1S/C24H30N4O5S/c1-4-28(5-2)34(30,31)19-8-9-22(27-11-13-32-14-12-27)20(16-19)24(29)26-21-15-18(17-25)7-10-23(21)33-6-3/h7-10,15-16H,4-6,11-14H2,1-3H3,(H,26,29). The van der Waals surface area contributed by atoms with Crippen molar-refractivity contribution < 1.29 is 22.7 Å². The number of morpholine rings is 1. The Labute approximate surface area is 200 Å². The van der Waals surface area contributed by atoms with Crippen LogP contribution < -0.4 is 15.0 Å². The molecular formula is C24H30N4O5S. The number of hydrogen-bond acceptors (Lipinski definition) is 7. The van der Waals surface area contributed by atoms with Crippen molar-refractivity contribution in [3.8, 4) is 11.8 Å². The lowest BCUT2D eigenvalue weighted by Gasteiger charge is -2.31. The van der Waals surface area contributed by atoms with Crippen molar-refractivity contribution in [1.29, 1.82) is 5.26 Å². The number of hydrogen-bond donors (Lipinski definition) is 1. The first kappa shape index (κ1) is 25.5. The summed E-state index contributed by atoms with van der Waals surface area (Å²) in [6, 6.07) is 11.5. The molecule has 1 saturated heterocycles. The number of ether oxygens (including phenoxy) is 2. The fraction of sp³-hybridized carbons (Fsp3) is 0.417. The number of amides is 1. The molecule has 0 bridgehead atoms. The second-order valence-electron chi connectivity index (χ2n) is 7.58. The first-order chi connectivity index (χ1) is 16.3. The third-order valence-corrected chi connectivity index (χ3v) is 7.61. The Balaban J connectivity index is 2.07. The highest BCUT2D eigenvalue weighted by Gasteiger charge is 2.26. The van der Waals surface area contributed by atoms with Crippen LogP contribution in [0.25, 0.3) is 0 Å². The van der Waals surface area contributed by atoms with Crippen LogP contribution in [0.5, 0.6) is 5.75 Å². The number of nitrogens with one attached hydrogen (secondary N) is 1. The summed E-state index contributed by atoms with van der Waals surface area (Å²) in [6.45, 7) is 8.58. The van der Waals surface area contributed by atoms with Crippen molar-refractivity contribution in [3.05, 3.63) is 47.5 Å². The van der Waals surface area contributed by atoms with E-state index < -0.39 is 15.9 Å². The van der Waals surface area contributed by atoms with Crippen LogP contribution in [0, 0.1) is 11.3 Å². The zero-order valence-corrected chi connectivity index (χ0v) is 20.5. The van der Waals surface area contributed by atoms with Crippen molar-refractivity contribution in [1.82, 2.24) is 4.31 Å². The molecule has 0 radical (unpaired) electrons. The van der Waals surface area contributed by atoms with Crippen LogP contribution in [-0.4, -0.2) is 64.6 Å². The molecule has 0 aromatic heterocycles. The van der Waals surface area contributed by atoms with Gasteiger partial charge in [-0.1, -0.05) is 13.8 Å². The SMILES string of the molecule is CCOc1ccc(C#N)cc1NC(=O)c1cc(S(=O)(=O)N(CC)CC)ccc1N1CCOCC1. The molecule has 3 rings (SSSR count). The number of anilines is 2. The molecule has 1 heterocycles. The van der Waals surface area contributed by atoms with Gasteiger partial charge in [-0.25, -0.2) is 8.42 Å². The summed E-state index contributed by atoms with van der Waals surface area (Å²) in [5.74, 6) is -0.0659. The fourth-order valence-corrected chi connectivity index (χ4v) is 5.30. The third-order valence-electron chi connectivity index (χ3n) is 5.56. The molecule has 1 aliphatic rings. The molecule has 10 heteroatoms. The van der Waals surface area contributed by atoms with Gasteiger partial charge in [-0.2, -0.15) is 9.57 Å². The average Bonchev–Trinajstić information content (AvgIpc) is 2.86. The van der Waals surface area contributed by atoms with Gasteiger partial charge in [-0.15, -0.1) is 0 Å². The van der Waals surface area contributed by atoms with Crippen molar-refractivity contribution in [2.75, 3.05) is 56.2 Å². The highest BCUT2D eigenvalue weighted by Crippen LogP contribution is 2.30. The van der Waals surface area contributed by atoms with Gasteiger partial charge < -0.3 is 19.7 Å². The Morgan fingerprint density at radius 1 is 1.15 bits per heavy atom. The van der Waals surface area contributed by atoms with Gasteiger partial charge in [-0.05, 0) is 43.3 Å². The molecule has 1 amide bonds. The van der Waals surface area contributed by atoms with Crippen LogP contribution in [0.4, 0.5) is 11.4 Å². The Kier molecular flexibility index (Phi) is 8.50. The van der Waals surface area contributed by atoms with E-state index in [9.17, 15) is 18.5 Å². The van der Waals surface area contributed by atoms with E-state index in [2.05, 4.69) is 11.4 Å². The van der Waals surface area contributed by atoms with Crippen LogP contribution in [0.15, 0.2) is 41.3 Å². The minimum absolute atomic E-state index is 0.0502. The average molecular weight is 487 g/mol. The zero-order valence-electron chi connectivity index (χ0n) is 19.7. The van der Waals surface area contributed by atoms with Crippen molar-refractivity contribution in [2.24, 2.45) is 0 Å². The van der Waals surface area contributed by atoms with E-state index in [1.54, 1.807) is 32.0 Å². The number of nitrogens with zero attached hydrogens (tertiary/aromatic N) is 3. The van der Waals surface area contributed by atoms with E-state index in [0.717, 1.165) is 0 Å². The monoisotopic (exact) mass is 486 g/mol. The first-order valence-electron chi connectivity index (χ1n) is 11.3. The topological polar surface area (TPSA) is 112 Å². The van der Waals surface area contributed by atoms with E-state index in [-0.39, 0.29) is 10.5 Å². The molecular weight excluding hydrogens is 456 g/mol. The predicted octanol–water partition coefficient (Wildman–Crippen LogP) is 3.08. The zero-order chi connectivity index (χ0) is 24.7. The van der Waals surface area contributed by atoms with Crippen LogP contribution in [0.2, 0.25) is 0 Å². The van der Waals surface area contributed by atoms with Gasteiger partial charge in [-0.3, -0.25) is 4.79 Å². The summed E-state index contributed by atoms with van der Waals surface area (Å²) in [7, 11) is -3.76. The van der Waals surface area contributed by atoms with E-state index in [4.69, 9.17) is 9.47 Å². The second kappa shape index (κ2) is 11.3. The van der Waals surface area contributed by atoms with Crippen LogP contribution >= 0.6 is 0 Å². The minimum atomic E-state index is -3.76. The van der Waals surface area contributed by atoms with Crippen LogP contribution in [-0.2, 0) is 14.8 Å². The van der Waals surface area contributed by atoms with E-state index in [1.165, 1.54) is 22.5 Å². The number of rotatable bonds is 9. The Bertz CT molecular complexity index is 1170. The lowest BCUT2D eigenvalue weighted by Crippen LogP contribution is -2.37. The molecule has 34 heavy (non-hydrogen) atoms. The molecule has 0 atom stereocenters. The number of benzene rings is 2. The Hall–Kier alpha value is -3.13. The third kappa shape index (κ3) is 5.50. The van der Waals surface area contributed by atoms with Gasteiger partial charge in [0.1, 0.15) is 5.75 Å². The maximum Gasteiger partial charge on any atom is 0.257 e. The predicted molar refractivity (Wildman–Crippen MR) is 130 cm³/mol. The molecule has 1 N–H and O–H groups in total. The Morgan fingerprint density at radius 3 is 2.47 bits per heavy atom. The molecule has 0 aliphatic carbocycles. The smallest absolute Gasteiger partial charge is 0.257 e. The number of carbonyl (C=O) groups excluding carboxylic acids is 1. The Morgan fingerprint density at radius 2 is 1.85 bits per heavy atom.